The van der Waals surface area contributed by atoms with Crippen molar-refractivity contribution in [3.63, 3.8) is 0 Å². The van der Waals surface area contributed by atoms with Crippen molar-refractivity contribution < 1.29 is 0 Å². The van der Waals surface area contributed by atoms with E-state index in [1.54, 1.807) is 12.4 Å². The van der Waals surface area contributed by atoms with Crippen LogP contribution in [0.3, 0.4) is 0 Å². The standard InChI is InChI=1S/C25H17N5/c1-3-9-18(10-4-1)23-28-24(19-11-5-2-6-12-19)30-25(29-23)20-14-16-27-22(17-20)21-13-7-8-15-26-21/h1-17H. The average Bonchev–Trinajstić information content (AvgIpc) is 2.85. The average molecular weight is 387 g/mol. The molecule has 142 valence electrons. The van der Waals surface area contributed by atoms with Gasteiger partial charge in [-0.25, -0.2) is 15.0 Å². The molecule has 5 heteroatoms. The van der Waals surface area contributed by atoms with Gasteiger partial charge in [0.25, 0.3) is 0 Å². The largest absolute Gasteiger partial charge is 0.255 e. The van der Waals surface area contributed by atoms with Crippen LogP contribution in [0.15, 0.2) is 103 Å². The topological polar surface area (TPSA) is 64.5 Å². The molecule has 0 saturated heterocycles. The van der Waals surface area contributed by atoms with Crippen LogP contribution in [0, 0.1) is 0 Å². The van der Waals surface area contributed by atoms with Gasteiger partial charge in [-0.2, -0.15) is 0 Å². The van der Waals surface area contributed by atoms with Gasteiger partial charge in [-0.05, 0) is 24.3 Å². The Labute approximate surface area is 174 Å². The van der Waals surface area contributed by atoms with Crippen LogP contribution < -0.4 is 0 Å². The Morgan fingerprint density at radius 1 is 0.400 bits per heavy atom. The summed E-state index contributed by atoms with van der Waals surface area (Å²) in [7, 11) is 0. The molecule has 0 unspecified atom stereocenters. The van der Waals surface area contributed by atoms with Crippen molar-refractivity contribution in [3.8, 4) is 45.6 Å². The molecule has 0 aliphatic carbocycles. The first kappa shape index (κ1) is 17.8. The zero-order valence-electron chi connectivity index (χ0n) is 16.1. The van der Waals surface area contributed by atoms with Gasteiger partial charge in [0, 0.05) is 29.1 Å². The van der Waals surface area contributed by atoms with Crippen LogP contribution in [0.4, 0.5) is 0 Å². The SMILES string of the molecule is c1ccc(-c2nc(-c3ccccc3)nc(-c3ccnc(-c4ccccn4)c3)n2)cc1. The summed E-state index contributed by atoms with van der Waals surface area (Å²) >= 11 is 0. The van der Waals surface area contributed by atoms with E-state index in [1.807, 2.05) is 91.0 Å². The van der Waals surface area contributed by atoms with Gasteiger partial charge in [0.2, 0.25) is 0 Å². The summed E-state index contributed by atoms with van der Waals surface area (Å²) < 4.78 is 0. The second-order valence-corrected chi connectivity index (χ2v) is 6.68. The molecule has 0 aliphatic rings. The maximum Gasteiger partial charge on any atom is 0.164 e. The summed E-state index contributed by atoms with van der Waals surface area (Å²) in [6.45, 7) is 0. The Morgan fingerprint density at radius 3 is 1.50 bits per heavy atom. The lowest BCUT2D eigenvalue weighted by molar-refractivity contribution is 1.07. The van der Waals surface area contributed by atoms with Crippen LogP contribution in [0.25, 0.3) is 45.6 Å². The minimum Gasteiger partial charge on any atom is -0.255 e. The molecule has 5 nitrogen and oxygen atoms in total. The van der Waals surface area contributed by atoms with Crippen LogP contribution in [-0.2, 0) is 0 Å². The van der Waals surface area contributed by atoms with Crippen LogP contribution in [-0.4, -0.2) is 24.9 Å². The van der Waals surface area contributed by atoms with E-state index in [0.717, 1.165) is 28.1 Å². The Bertz CT molecular complexity index is 1220. The zero-order valence-corrected chi connectivity index (χ0v) is 16.1. The van der Waals surface area contributed by atoms with E-state index in [1.165, 1.54) is 0 Å². The number of hydrogen-bond acceptors (Lipinski definition) is 5. The lowest BCUT2D eigenvalue weighted by Gasteiger charge is -2.09. The highest BCUT2D eigenvalue weighted by Crippen LogP contribution is 2.26. The van der Waals surface area contributed by atoms with Gasteiger partial charge < -0.3 is 0 Å². The van der Waals surface area contributed by atoms with Crippen molar-refractivity contribution in [1.29, 1.82) is 0 Å². The highest BCUT2D eigenvalue weighted by molar-refractivity contribution is 5.69. The molecule has 0 amide bonds. The van der Waals surface area contributed by atoms with Crippen LogP contribution in [0.5, 0.6) is 0 Å². The van der Waals surface area contributed by atoms with E-state index in [9.17, 15) is 0 Å². The van der Waals surface area contributed by atoms with Gasteiger partial charge in [-0.1, -0.05) is 66.7 Å². The number of nitrogens with zero attached hydrogens (tertiary/aromatic N) is 5. The molecule has 0 aliphatic heterocycles. The fourth-order valence-corrected chi connectivity index (χ4v) is 3.16. The van der Waals surface area contributed by atoms with Crippen LogP contribution in [0.1, 0.15) is 0 Å². The van der Waals surface area contributed by atoms with Gasteiger partial charge in [0.1, 0.15) is 0 Å². The number of rotatable bonds is 4. The number of aromatic nitrogens is 5. The van der Waals surface area contributed by atoms with Gasteiger partial charge in [0.05, 0.1) is 11.4 Å². The van der Waals surface area contributed by atoms with Crippen molar-refractivity contribution in [2.24, 2.45) is 0 Å². The van der Waals surface area contributed by atoms with Gasteiger partial charge >= 0.3 is 0 Å². The number of hydrogen-bond donors (Lipinski definition) is 0. The molecule has 5 aromatic rings. The van der Waals surface area contributed by atoms with E-state index >= 15 is 0 Å². The van der Waals surface area contributed by atoms with Crippen molar-refractivity contribution in [3.05, 3.63) is 103 Å². The first-order valence-electron chi connectivity index (χ1n) is 9.61. The summed E-state index contributed by atoms with van der Waals surface area (Å²) in [6, 6.07) is 29.5. The van der Waals surface area contributed by atoms with E-state index in [4.69, 9.17) is 15.0 Å². The molecule has 2 aromatic carbocycles. The predicted molar refractivity (Wildman–Crippen MR) is 117 cm³/mol. The second-order valence-electron chi connectivity index (χ2n) is 6.68. The Kier molecular flexibility index (Phi) is 4.76. The second kappa shape index (κ2) is 8.01. The third-order valence-electron chi connectivity index (χ3n) is 4.64. The first-order valence-corrected chi connectivity index (χ1v) is 9.61. The Balaban J connectivity index is 1.67. The molecule has 5 rings (SSSR count). The molecule has 0 spiro atoms. The molecular weight excluding hydrogens is 370 g/mol. The maximum atomic E-state index is 4.76. The maximum absolute atomic E-state index is 4.76. The van der Waals surface area contributed by atoms with E-state index in [2.05, 4.69) is 9.97 Å². The molecule has 0 saturated carbocycles. The van der Waals surface area contributed by atoms with Crippen LogP contribution in [0.2, 0.25) is 0 Å². The van der Waals surface area contributed by atoms with E-state index in [0.29, 0.717) is 17.5 Å². The summed E-state index contributed by atoms with van der Waals surface area (Å²) in [5.74, 6) is 1.87. The van der Waals surface area contributed by atoms with Crippen molar-refractivity contribution in [1.82, 2.24) is 24.9 Å². The molecule has 0 atom stereocenters. The fraction of sp³-hybridized carbons (Fsp3) is 0. The molecule has 30 heavy (non-hydrogen) atoms. The normalized spacial score (nSPS) is 10.7. The minimum atomic E-state index is 0.599. The predicted octanol–water partition coefficient (Wildman–Crippen LogP) is 5.33. The fourth-order valence-electron chi connectivity index (χ4n) is 3.16. The molecule has 0 bridgehead atoms. The quantitative estimate of drug-likeness (QED) is 0.417. The third kappa shape index (κ3) is 3.69. The molecule has 3 heterocycles. The van der Waals surface area contributed by atoms with Gasteiger partial charge in [-0.3, -0.25) is 9.97 Å². The molecule has 0 radical (unpaired) electrons. The summed E-state index contributed by atoms with van der Waals surface area (Å²) in [5.41, 5.74) is 4.33. The van der Waals surface area contributed by atoms with Crippen molar-refractivity contribution in [2.75, 3.05) is 0 Å². The van der Waals surface area contributed by atoms with Crippen LogP contribution >= 0.6 is 0 Å². The number of benzene rings is 2. The third-order valence-corrected chi connectivity index (χ3v) is 4.64. The summed E-state index contributed by atoms with van der Waals surface area (Å²) in [4.78, 5) is 23.1. The van der Waals surface area contributed by atoms with E-state index < -0.39 is 0 Å². The van der Waals surface area contributed by atoms with Gasteiger partial charge in [0.15, 0.2) is 17.5 Å². The monoisotopic (exact) mass is 387 g/mol. The Morgan fingerprint density at radius 2 is 0.933 bits per heavy atom. The number of pyridine rings is 2. The molecule has 3 aromatic heterocycles. The smallest absolute Gasteiger partial charge is 0.164 e. The van der Waals surface area contributed by atoms with Crippen molar-refractivity contribution >= 4 is 0 Å². The first-order chi connectivity index (χ1) is 14.9. The lowest BCUT2D eigenvalue weighted by Crippen LogP contribution is -2.00. The minimum absolute atomic E-state index is 0.599. The van der Waals surface area contributed by atoms with Gasteiger partial charge in [-0.15, -0.1) is 0 Å². The van der Waals surface area contributed by atoms with E-state index in [-0.39, 0.29) is 0 Å². The molecular formula is C25H17N5. The highest BCUT2D eigenvalue weighted by atomic mass is 15.0. The summed E-state index contributed by atoms with van der Waals surface area (Å²) in [6.07, 6.45) is 3.52. The highest BCUT2D eigenvalue weighted by Gasteiger charge is 2.13. The lowest BCUT2D eigenvalue weighted by atomic mass is 10.1. The zero-order chi connectivity index (χ0) is 20.2. The summed E-state index contributed by atoms with van der Waals surface area (Å²) in [5, 5.41) is 0. The molecule has 0 N–H and O–H groups in total. The van der Waals surface area contributed by atoms with Crippen molar-refractivity contribution in [2.45, 2.75) is 0 Å². The molecule has 0 fully saturated rings. The Hall–Kier alpha value is -4.25.